The molecule has 23 heavy (non-hydrogen) atoms. The highest BCUT2D eigenvalue weighted by atomic mass is 127. The van der Waals surface area contributed by atoms with Crippen LogP contribution in [0, 0.1) is 0 Å². The largest absolute Gasteiger partial charge is 0.370 e. The van der Waals surface area contributed by atoms with Gasteiger partial charge in [-0.15, -0.1) is 24.0 Å². The van der Waals surface area contributed by atoms with Crippen LogP contribution in [0.4, 0.5) is 0 Å². The lowest BCUT2D eigenvalue weighted by atomic mass is 10.0. The average molecular weight is 428 g/mol. The Hall–Kier alpha value is -0.820. The summed E-state index contributed by atoms with van der Waals surface area (Å²) >= 11 is 0. The first-order valence-corrected chi connectivity index (χ1v) is 8.59. The number of nitrogens with one attached hydrogen (secondary N) is 1. The number of likely N-dealkylation sites (tertiary alicyclic amines) is 1. The molecule has 0 bridgehead atoms. The molecule has 1 heterocycles. The van der Waals surface area contributed by atoms with Gasteiger partial charge in [-0.2, -0.15) is 0 Å². The lowest BCUT2D eigenvalue weighted by Crippen LogP contribution is -2.37. The van der Waals surface area contributed by atoms with Gasteiger partial charge < -0.3 is 11.1 Å². The molecule has 1 aliphatic heterocycles. The Balaban J connectivity index is 0.00000192. The zero-order chi connectivity index (χ0) is 15.4. The molecule has 3 N–H and O–H groups in total. The summed E-state index contributed by atoms with van der Waals surface area (Å²) in [5.74, 6) is 0.587. The summed E-state index contributed by atoms with van der Waals surface area (Å²) in [6.07, 6.45) is 6.45. The first-order chi connectivity index (χ1) is 10.7. The second-order valence-electron chi connectivity index (χ2n) is 6.70. The van der Waals surface area contributed by atoms with Gasteiger partial charge in [0.2, 0.25) is 0 Å². The van der Waals surface area contributed by atoms with Gasteiger partial charge in [-0.05, 0) is 50.3 Å². The molecule has 1 aromatic carbocycles. The first-order valence-electron chi connectivity index (χ1n) is 8.59. The van der Waals surface area contributed by atoms with E-state index >= 15 is 0 Å². The van der Waals surface area contributed by atoms with Crippen molar-refractivity contribution in [2.24, 2.45) is 10.7 Å². The maximum Gasteiger partial charge on any atom is 0.189 e. The van der Waals surface area contributed by atoms with Crippen LogP contribution in [-0.4, -0.2) is 29.5 Å². The molecule has 1 saturated heterocycles. The fraction of sp³-hybridized carbons (Fsp3) is 0.611. The number of benzene rings is 1. The Morgan fingerprint density at radius 3 is 2.65 bits per heavy atom. The standard InChI is InChI=1S/C18H28N4.HI/c1-14-6-4-5-11-22(14)13-16-8-3-2-7-15(16)12-20-18(19)21-17-9-10-17;/h2-3,7-8,14,17H,4-6,9-13H2,1H3,(H3,19,20,21);1H. The molecule has 1 unspecified atom stereocenters. The van der Waals surface area contributed by atoms with Crippen LogP contribution in [0.25, 0.3) is 0 Å². The fourth-order valence-corrected chi connectivity index (χ4v) is 3.13. The van der Waals surface area contributed by atoms with Crippen molar-refractivity contribution in [1.82, 2.24) is 10.2 Å². The van der Waals surface area contributed by atoms with Crippen LogP contribution in [0.3, 0.4) is 0 Å². The van der Waals surface area contributed by atoms with Crippen LogP contribution in [-0.2, 0) is 13.1 Å². The van der Waals surface area contributed by atoms with Crippen LogP contribution in [0.1, 0.15) is 50.2 Å². The normalized spacial score (nSPS) is 22.5. The van der Waals surface area contributed by atoms with E-state index in [-0.39, 0.29) is 24.0 Å². The van der Waals surface area contributed by atoms with Crippen molar-refractivity contribution >= 4 is 29.9 Å². The SMILES string of the molecule is CC1CCCCN1Cc1ccccc1CN=C(N)NC1CC1.I. The Labute approximate surface area is 156 Å². The van der Waals surface area contributed by atoms with Crippen LogP contribution in [0.15, 0.2) is 29.3 Å². The van der Waals surface area contributed by atoms with Gasteiger partial charge in [-0.25, -0.2) is 4.99 Å². The number of guanidine groups is 1. The zero-order valence-electron chi connectivity index (χ0n) is 14.0. The van der Waals surface area contributed by atoms with Gasteiger partial charge >= 0.3 is 0 Å². The average Bonchev–Trinajstić information content (AvgIpc) is 3.32. The Kier molecular flexibility index (Phi) is 7.14. The van der Waals surface area contributed by atoms with Crippen molar-refractivity contribution in [1.29, 1.82) is 0 Å². The number of rotatable bonds is 5. The lowest BCUT2D eigenvalue weighted by Gasteiger charge is -2.33. The van der Waals surface area contributed by atoms with Gasteiger partial charge in [0.15, 0.2) is 5.96 Å². The van der Waals surface area contributed by atoms with E-state index in [2.05, 4.69) is 46.4 Å². The summed E-state index contributed by atoms with van der Waals surface area (Å²) in [5, 5.41) is 3.25. The molecule has 1 aromatic rings. The number of nitrogens with zero attached hydrogens (tertiary/aromatic N) is 2. The topological polar surface area (TPSA) is 53.6 Å². The van der Waals surface area contributed by atoms with Crippen molar-refractivity contribution in [2.75, 3.05) is 6.54 Å². The van der Waals surface area contributed by atoms with Gasteiger partial charge in [0, 0.05) is 18.6 Å². The summed E-state index contributed by atoms with van der Waals surface area (Å²) in [6.45, 7) is 5.26. The monoisotopic (exact) mass is 428 g/mol. The minimum absolute atomic E-state index is 0. The Bertz CT molecular complexity index is 528. The van der Waals surface area contributed by atoms with Gasteiger partial charge in [0.05, 0.1) is 6.54 Å². The van der Waals surface area contributed by atoms with E-state index in [0.717, 1.165) is 6.54 Å². The van der Waals surface area contributed by atoms with Crippen molar-refractivity contribution < 1.29 is 0 Å². The van der Waals surface area contributed by atoms with E-state index in [0.29, 0.717) is 24.6 Å². The summed E-state index contributed by atoms with van der Waals surface area (Å²) in [7, 11) is 0. The molecule has 128 valence electrons. The Morgan fingerprint density at radius 1 is 1.22 bits per heavy atom. The molecule has 1 aliphatic carbocycles. The summed E-state index contributed by atoms with van der Waals surface area (Å²) in [5.41, 5.74) is 8.63. The molecule has 1 atom stereocenters. The lowest BCUT2D eigenvalue weighted by molar-refractivity contribution is 0.152. The third kappa shape index (κ3) is 5.64. The predicted molar refractivity (Wildman–Crippen MR) is 107 cm³/mol. The minimum Gasteiger partial charge on any atom is -0.370 e. The van der Waals surface area contributed by atoms with Crippen LogP contribution in [0.2, 0.25) is 0 Å². The fourth-order valence-electron chi connectivity index (χ4n) is 3.13. The molecule has 0 spiro atoms. The number of halogens is 1. The van der Waals surface area contributed by atoms with Crippen LogP contribution >= 0.6 is 24.0 Å². The Morgan fingerprint density at radius 2 is 1.96 bits per heavy atom. The zero-order valence-corrected chi connectivity index (χ0v) is 16.3. The minimum atomic E-state index is 0. The van der Waals surface area contributed by atoms with Crippen molar-refractivity contribution in [3.8, 4) is 0 Å². The maximum absolute atomic E-state index is 5.95. The number of nitrogens with two attached hydrogens (primary N) is 1. The number of hydrogen-bond acceptors (Lipinski definition) is 2. The van der Waals surface area contributed by atoms with Crippen molar-refractivity contribution in [2.45, 2.75) is 64.2 Å². The highest BCUT2D eigenvalue weighted by molar-refractivity contribution is 14.0. The maximum atomic E-state index is 5.95. The molecule has 0 aromatic heterocycles. The van der Waals surface area contributed by atoms with E-state index in [1.807, 2.05) is 0 Å². The molecule has 0 amide bonds. The number of aliphatic imine (C=N–C) groups is 1. The van der Waals surface area contributed by atoms with Crippen LogP contribution in [0.5, 0.6) is 0 Å². The number of hydrogen-bond donors (Lipinski definition) is 2. The summed E-state index contributed by atoms with van der Waals surface area (Å²) in [6, 6.07) is 9.89. The van der Waals surface area contributed by atoms with E-state index in [1.54, 1.807) is 0 Å². The highest BCUT2D eigenvalue weighted by Gasteiger charge is 2.21. The van der Waals surface area contributed by atoms with E-state index in [4.69, 9.17) is 5.73 Å². The summed E-state index contributed by atoms with van der Waals surface area (Å²) in [4.78, 5) is 7.11. The van der Waals surface area contributed by atoms with E-state index in [1.165, 1.54) is 49.8 Å². The van der Waals surface area contributed by atoms with Gasteiger partial charge in [0.1, 0.15) is 0 Å². The van der Waals surface area contributed by atoms with Gasteiger partial charge in [-0.3, -0.25) is 4.90 Å². The van der Waals surface area contributed by atoms with Gasteiger partial charge in [-0.1, -0.05) is 30.7 Å². The second kappa shape index (κ2) is 8.87. The third-order valence-corrected chi connectivity index (χ3v) is 4.78. The molecule has 4 nitrogen and oxygen atoms in total. The quantitative estimate of drug-likeness (QED) is 0.430. The molecule has 3 rings (SSSR count). The predicted octanol–water partition coefficient (Wildman–Crippen LogP) is 3.25. The van der Waals surface area contributed by atoms with Gasteiger partial charge in [0.25, 0.3) is 0 Å². The van der Waals surface area contributed by atoms with Crippen molar-refractivity contribution in [3.05, 3.63) is 35.4 Å². The first kappa shape index (κ1) is 18.5. The van der Waals surface area contributed by atoms with E-state index < -0.39 is 0 Å². The molecular formula is C18H29IN4. The molecule has 2 fully saturated rings. The smallest absolute Gasteiger partial charge is 0.189 e. The van der Waals surface area contributed by atoms with E-state index in [9.17, 15) is 0 Å². The summed E-state index contributed by atoms with van der Waals surface area (Å²) < 4.78 is 0. The molecular weight excluding hydrogens is 399 g/mol. The molecule has 5 heteroatoms. The molecule has 2 aliphatic rings. The van der Waals surface area contributed by atoms with Crippen LogP contribution < -0.4 is 11.1 Å². The van der Waals surface area contributed by atoms with Crippen molar-refractivity contribution in [3.63, 3.8) is 0 Å². The second-order valence-corrected chi connectivity index (χ2v) is 6.70. The highest BCUT2D eigenvalue weighted by Crippen LogP contribution is 2.21. The molecule has 1 saturated carbocycles. The molecule has 0 radical (unpaired) electrons. The third-order valence-electron chi connectivity index (χ3n) is 4.78. The number of piperidine rings is 1.